The van der Waals surface area contributed by atoms with Crippen LogP contribution < -0.4 is 5.32 Å². The summed E-state index contributed by atoms with van der Waals surface area (Å²) < 4.78 is 0. The molecule has 0 saturated heterocycles. The first-order chi connectivity index (χ1) is 10.2. The summed E-state index contributed by atoms with van der Waals surface area (Å²) in [5.74, 6) is 6.21. The maximum atomic E-state index is 12.2. The van der Waals surface area contributed by atoms with Gasteiger partial charge in [-0.3, -0.25) is 4.79 Å². The monoisotopic (exact) mass is 307 g/mol. The largest absolute Gasteiger partial charge is 0.395 e. The van der Waals surface area contributed by atoms with Crippen LogP contribution in [-0.2, 0) is 11.3 Å². The van der Waals surface area contributed by atoms with E-state index in [0.29, 0.717) is 13.0 Å². The maximum Gasteiger partial charge on any atom is 0.223 e. The number of aliphatic hydroxyl groups is 1. The molecule has 1 heterocycles. The predicted molar refractivity (Wildman–Crippen MR) is 88.1 cm³/mol. The zero-order chi connectivity index (χ0) is 15.5. The third-order valence-electron chi connectivity index (χ3n) is 3.21. The molecule has 0 unspecified atom stereocenters. The Balaban J connectivity index is 2.47. The summed E-state index contributed by atoms with van der Waals surface area (Å²) in [4.78, 5) is 13.3. The molecular formula is C17H25NO2S. The second-order valence-electron chi connectivity index (χ2n) is 5.07. The molecule has 0 saturated carbocycles. The van der Waals surface area contributed by atoms with Crippen molar-refractivity contribution >= 4 is 17.2 Å². The number of thiophene rings is 1. The van der Waals surface area contributed by atoms with Gasteiger partial charge in [-0.1, -0.05) is 38.5 Å². The number of nitrogens with one attached hydrogen (secondary N) is 1. The minimum absolute atomic E-state index is 0.0935. The number of carbonyl (C=O) groups is 1. The lowest BCUT2D eigenvalue weighted by Gasteiger charge is -2.14. The average Bonchev–Trinajstić information content (AvgIpc) is 2.93. The molecule has 1 aromatic rings. The molecule has 0 bridgehead atoms. The van der Waals surface area contributed by atoms with Crippen molar-refractivity contribution in [2.45, 2.75) is 52.5 Å². The van der Waals surface area contributed by atoms with Crippen LogP contribution in [0, 0.1) is 17.8 Å². The van der Waals surface area contributed by atoms with Gasteiger partial charge in [0.15, 0.2) is 0 Å². The SMILES string of the molecule is CCCC(CCC)C(=O)NCc1cc(C#CCCO)cs1. The Hall–Kier alpha value is -1.31. The summed E-state index contributed by atoms with van der Waals surface area (Å²) in [6.45, 7) is 4.91. The Morgan fingerprint density at radius 2 is 2.10 bits per heavy atom. The molecule has 0 atom stereocenters. The van der Waals surface area contributed by atoms with Crippen molar-refractivity contribution in [3.05, 3.63) is 21.9 Å². The molecule has 0 aliphatic rings. The van der Waals surface area contributed by atoms with Crippen LogP contribution >= 0.6 is 11.3 Å². The first kappa shape index (κ1) is 17.7. The summed E-state index contributed by atoms with van der Waals surface area (Å²) in [5, 5.41) is 13.7. The quantitative estimate of drug-likeness (QED) is 0.724. The topological polar surface area (TPSA) is 49.3 Å². The van der Waals surface area contributed by atoms with Gasteiger partial charge in [0.2, 0.25) is 5.91 Å². The molecule has 116 valence electrons. The van der Waals surface area contributed by atoms with E-state index in [4.69, 9.17) is 5.11 Å². The van der Waals surface area contributed by atoms with E-state index in [1.807, 2.05) is 11.4 Å². The van der Waals surface area contributed by atoms with Crippen molar-refractivity contribution in [2.75, 3.05) is 6.61 Å². The minimum Gasteiger partial charge on any atom is -0.395 e. The molecule has 1 amide bonds. The van der Waals surface area contributed by atoms with Crippen molar-refractivity contribution in [1.82, 2.24) is 5.32 Å². The van der Waals surface area contributed by atoms with E-state index >= 15 is 0 Å². The van der Waals surface area contributed by atoms with Crippen molar-refractivity contribution in [3.63, 3.8) is 0 Å². The lowest BCUT2D eigenvalue weighted by atomic mass is 9.97. The second-order valence-corrected chi connectivity index (χ2v) is 6.06. The van der Waals surface area contributed by atoms with E-state index in [1.165, 1.54) is 0 Å². The minimum atomic E-state index is 0.0935. The molecule has 1 aromatic heterocycles. The van der Waals surface area contributed by atoms with Crippen molar-refractivity contribution in [1.29, 1.82) is 0 Å². The lowest BCUT2D eigenvalue weighted by molar-refractivity contribution is -0.125. The molecule has 0 aliphatic heterocycles. The fraction of sp³-hybridized carbons (Fsp3) is 0.588. The zero-order valence-electron chi connectivity index (χ0n) is 12.9. The Kier molecular flexibility index (Phi) is 8.80. The molecule has 0 radical (unpaired) electrons. The smallest absolute Gasteiger partial charge is 0.223 e. The number of hydrogen-bond acceptors (Lipinski definition) is 3. The summed E-state index contributed by atoms with van der Waals surface area (Å²) >= 11 is 1.61. The molecule has 21 heavy (non-hydrogen) atoms. The number of carbonyl (C=O) groups excluding carboxylic acids is 1. The van der Waals surface area contributed by atoms with Gasteiger partial charge < -0.3 is 10.4 Å². The molecule has 0 fully saturated rings. The van der Waals surface area contributed by atoms with Gasteiger partial charge in [-0.25, -0.2) is 0 Å². The highest BCUT2D eigenvalue weighted by Gasteiger charge is 2.16. The molecule has 1 rings (SSSR count). The van der Waals surface area contributed by atoms with Crippen LogP contribution in [0.15, 0.2) is 11.4 Å². The highest BCUT2D eigenvalue weighted by molar-refractivity contribution is 7.10. The van der Waals surface area contributed by atoms with Crippen molar-refractivity contribution in [3.8, 4) is 11.8 Å². The molecule has 0 spiro atoms. The fourth-order valence-corrected chi connectivity index (χ4v) is 2.94. The van der Waals surface area contributed by atoms with E-state index in [2.05, 4.69) is 31.0 Å². The number of aliphatic hydroxyl groups excluding tert-OH is 1. The maximum absolute atomic E-state index is 12.2. The zero-order valence-corrected chi connectivity index (χ0v) is 13.8. The van der Waals surface area contributed by atoms with Gasteiger partial charge in [-0.05, 0) is 18.9 Å². The Morgan fingerprint density at radius 1 is 1.38 bits per heavy atom. The van der Waals surface area contributed by atoms with Gasteiger partial charge in [0.05, 0.1) is 13.2 Å². The molecule has 0 aliphatic carbocycles. The van der Waals surface area contributed by atoms with Gasteiger partial charge in [0, 0.05) is 28.2 Å². The normalized spacial score (nSPS) is 10.3. The third kappa shape index (κ3) is 6.79. The van der Waals surface area contributed by atoms with E-state index in [-0.39, 0.29) is 18.4 Å². The van der Waals surface area contributed by atoms with Crippen LogP contribution in [-0.4, -0.2) is 17.6 Å². The number of rotatable bonds is 8. The standard InChI is InChI=1S/C17H25NO2S/c1-3-7-15(8-4-2)17(20)18-12-16-11-14(13-21-16)9-5-6-10-19/h11,13,15,19H,3-4,6-8,10,12H2,1-2H3,(H,18,20). The Morgan fingerprint density at radius 3 is 2.71 bits per heavy atom. The number of hydrogen-bond donors (Lipinski definition) is 2. The highest BCUT2D eigenvalue weighted by atomic mass is 32.1. The molecular weight excluding hydrogens is 282 g/mol. The van der Waals surface area contributed by atoms with Gasteiger partial charge in [-0.2, -0.15) is 0 Å². The summed E-state index contributed by atoms with van der Waals surface area (Å²) in [7, 11) is 0. The van der Waals surface area contributed by atoms with Crippen molar-refractivity contribution in [2.24, 2.45) is 5.92 Å². The van der Waals surface area contributed by atoms with Gasteiger partial charge in [0.25, 0.3) is 0 Å². The molecule has 2 N–H and O–H groups in total. The van der Waals surface area contributed by atoms with Crippen LogP contribution in [0.5, 0.6) is 0 Å². The summed E-state index contributed by atoms with van der Waals surface area (Å²) in [5.41, 5.74) is 0.955. The average molecular weight is 307 g/mol. The fourth-order valence-electron chi connectivity index (χ4n) is 2.18. The first-order valence-electron chi connectivity index (χ1n) is 7.66. The summed E-state index contributed by atoms with van der Waals surface area (Å²) in [6, 6.07) is 2.00. The van der Waals surface area contributed by atoms with Crippen molar-refractivity contribution < 1.29 is 9.90 Å². The Labute approximate surface area is 131 Å². The first-order valence-corrected chi connectivity index (χ1v) is 8.54. The molecule has 3 nitrogen and oxygen atoms in total. The van der Waals surface area contributed by atoms with Crippen LogP contribution in [0.1, 0.15) is 56.4 Å². The van der Waals surface area contributed by atoms with E-state index in [0.717, 1.165) is 36.1 Å². The highest BCUT2D eigenvalue weighted by Crippen LogP contribution is 2.16. The van der Waals surface area contributed by atoms with E-state index in [9.17, 15) is 4.79 Å². The third-order valence-corrected chi connectivity index (χ3v) is 4.14. The molecule has 0 aromatic carbocycles. The van der Waals surface area contributed by atoms with Gasteiger partial charge >= 0.3 is 0 Å². The van der Waals surface area contributed by atoms with Gasteiger partial charge in [0.1, 0.15) is 0 Å². The Bertz CT molecular complexity index is 478. The second kappa shape index (κ2) is 10.4. The summed E-state index contributed by atoms with van der Waals surface area (Å²) in [6.07, 6.45) is 4.50. The van der Waals surface area contributed by atoms with Crippen LogP contribution in [0.3, 0.4) is 0 Å². The van der Waals surface area contributed by atoms with Crippen LogP contribution in [0.25, 0.3) is 0 Å². The van der Waals surface area contributed by atoms with E-state index in [1.54, 1.807) is 11.3 Å². The predicted octanol–water partition coefficient (Wildman–Crippen LogP) is 3.31. The van der Waals surface area contributed by atoms with Gasteiger partial charge in [-0.15, -0.1) is 11.3 Å². The number of amides is 1. The lowest BCUT2D eigenvalue weighted by Crippen LogP contribution is -2.30. The van der Waals surface area contributed by atoms with Crippen LogP contribution in [0.4, 0.5) is 0 Å². The van der Waals surface area contributed by atoms with E-state index < -0.39 is 0 Å². The molecule has 4 heteroatoms. The van der Waals surface area contributed by atoms with Crippen LogP contribution in [0.2, 0.25) is 0 Å².